The number of halogens is 1. The molecule has 2 heterocycles. The number of hydroxylamine groups is 1. The Morgan fingerprint density at radius 1 is 1.00 bits per heavy atom. The van der Waals surface area contributed by atoms with Gasteiger partial charge in [0.1, 0.15) is 5.92 Å². The summed E-state index contributed by atoms with van der Waals surface area (Å²) in [5.41, 5.74) is 2.79. The van der Waals surface area contributed by atoms with E-state index in [1.54, 1.807) is 17.2 Å². The summed E-state index contributed by atoms with van der Waals surface area (Å²) in [6.45, 7) is 2.00. The van der Waals surface area contributed by atoms with E-state index in [-0.39, 0.29) is 11.9 Å². The van der Waals surface area contributed by atoms with Crippen LogP contribution >= 0.6 is 11.6 Å². The summed E-state index contributed by atoms with van der Waals surface area (Å²) in [7, 11) is 0. The predicted molar refractivity (Wildman–Crippen MR) is 89.4 cm³/mol. The number of aryl methyl sites for hydroxylation is 1. The lowest BCUT2D eigenvalue weighted by molar-refractivity contribution is -0.129. The van der Waals surface area contributed by atoms with Crippen LogP contribution in [0.2, 0.25) is 5.02 Å². The van der Waals surface area contributed by atoms with Crippen LogP contribution in [-0.2, 0) is 14.4 Å². The zero-order valence-electron chi connectivity index (χ0n) is 12.9. The standard InChI is InChI=1S/C18H15ClN2O3/c1-10-2-8-13(9-3-10)21-15(11-4-6-12(19)7-5-11)14-16(24-21)18(23)20-17(14)22/h2-9,14-16H,1H3,(H,20,22,23)/t14-,15+,16-/m0/s1. The first-order valence-corrected chi connectivity index (χ1v) is 8.05. The zero-order chi connectivity index (χ0) is 16.8. The maximum Gasteiger partial charge on any atom is 0.259 e. The molecule has 2 saturated heterocycles. The second-order valence-corrected chi connectivity index (χ2v) is 6.50. The molecule has 2 aliphatic heterocycles. The van der Waals surface area contributed by atoms with Gasteiger partial charge < -0.3 is 0 Å². The second kappa shape index (κ2) is 5.61. The Hall–Kier alpha value is -2.37. The topological polar surface area (TPSA) is 58.6 Å². The Morgan fingerprint density at radius 3 is 2.33 bits per heavy atom. The minimum absolute atomic E-state index is 0.306. The molecule has 2 fully saturated rings. The molecule has 0 saturated carbocycles. The van der Waals surface area contributed by atoms with Gasteiger partial charge in [-0.05, 0) is 36.8 Å². The molecule has 1 N–H and O–H groups in total. The maximum absolute atomic E-state index is 12.3. The van der Waals surface area contributed by atoms with E-state index >= 15 is 0 Å². The largest absolute Gasteiger partial charge is 0.294 e. The van der Waals surface area contributed by atoms with Crippen LogP contribution in [0.25, 0.3) is 0 Å². The Bertz CT molecular complexity index is 804. The van der Waals surface area contributed by atoms with Crippen LogP contribution in [0.1, 0.15) is 17.2 Å². The van der Waals surface area contributed by atoms with Gasteiger partial charge in [-0.25, -0.2) is 5.06 Å². The third kappa shape index (κ3) is 2.37. The molecule has 2 aromatic carbocycles. The number of rotatable bonds is 2. The fourth-order valence-corrected chi connectivity index (χ4v) is 3.37. The van der Waals surface area contributed by atoms with Crippen molar-refractivity contribution in [3.63, 3.8) is 0 Å². The number of hydrogen-bond acceptors (Lipinski definition) is 4. The first-order chi connectivity index (χ1) is 11.5. The number of nitrogens with one attached hydrogen (secondary N) is 1. The molecule has 0 spiro atoms. The lowest BCUT2D eigenvalue weighted by Crippen LogP contribution is -2.33. The molecule has 6 heteroatoms. The lowest BCUT2D eigenvalue weighted by atomic mass is 9.90. The van der Waals surface area contributed by atoms with Crippen molar-refractivity contribution in [2.75, 3.05) is 5.06 Å². The molecular formula is C18H15ClN2O3. The molecule has 122 valence electrons. The van der Waals surface area contributed by atoms with Gasteiger partial charge in [0, 0.05) is 5.02 Å². The number of nitrogens with zero attached hydrogens (tertiary/aromatic N) is 1. The van der Waals surface area contributed by atoms with Crippen molar-refractivity contribution >= 4 is 29.1 Å². The van der Waals surface area contributed by atoms with Crippen molar-refractivity contribution in [2.24, 2.45) is 5.92 Å². The highest BCUT2D eigenvalue weighted by atomic mass is 35.5. The van der Waals surface area contributed by atoms with Gasteiger partial charge in [-0.3, -0.25) is 19.7 Å². The normalized spacial score (nSPS) is 25.8. The van der Waals surface area contributed by atoms with Crippen LogP contribution in [0.15, 0.2) is 48.5 Å². The number of amides is 2. The molecule has 24 heavy (non-hydrogen) atoms. The predicted octanol–water partition coefficient (Wildman–Crippen LogP) is 2.78. The fraction of sp³-hybridized carbons (Fsp3) is 0.222. The molecule has 2 aliphatic rings. The van der Waals surface area contributed by atoms with E-state index in [4.69, 9.17) is 16.4 Å². The van der Waals surface area contributed by atoms with Crippen molar-refractivity contribution in [1.82, 2.24) is 5.32 Å². The Kier molecular flexibility index (Phi) is 3.55. The summed E-state index contributed by atoms with van der Waals surface area (Å²) >= 11 is 5.97. The molecule has 4 rings (SSSR count). The SMILES string of the molecule is Cc1ccc(N2O[C@@H]3C(=O)NC(=O)[C@H]3[C@H]2c2ccc(Cl)cc2)cc1. The van der Waals surface area contributed by atoms with Crippen molar-refractivity contribution in [3.05, 3.63) is 64.7 Å². The first-order valence-electron chi connectivity index (χ1n) is 7.67. The summed E-state index contributed by atoms with van der Waals surface area (Å²) in [5.74, 6) is -1.28. The number of benzene rings is 2. The quantitative estimate of drug-likeness (QED) is 0.853. The van der Waals surface area contributed by atoms with Crippen molar-refractivity contribution in [3.8, 4) is 0 Å². The maximum atomic E-state index is 12.3. The lowest BCUT2D eigenvalue weighted by Gasteiger charge is -2.27. The van der Waals surface area contributed by atoms with E-state index in [1.165, 1.54) is 0 Å². The molecule has 5 nitrogen and oxygen atoms in total. The van der Waals surface area contributed by atoms with E-state index in [9.17, 15) is 9.59 Å². The summed E-state index contributed by atoms with van der Waals surface area (Å²) in [6, 6.07) is 14.6. The monoisotopic (exact) mass is 342 g/mol. The Balaban J connectivity index is 1.79. The van der Waals surface area contributed by atoms with Gasteiger partial charge >= 0.3 is 0 Å². The van der Waals surface area contributed by atoms with Crippen molar-refractivity contribution in [2.45, 2.75) is 19.1 Å². The van der Waals surface area contributed by atoms with Crippen LogP contribution in [0.4, 0.5) is 5.69 Å². The smallest absolute Gasteiger partial charge is 0.259 e. The number of carbonyl (C=O) groups excluding carboxylic acids is 2. The molecule has 0 bridgehead atoms. The minimum atomic E-state index is -0.806. The van der Waals surface area contributed by atoms with E-state index < -0.39 is 17.9 Å². The molecular weight excluding hydrogens is 328 g/mol. The van der Waals surface area contributed by atoms with Crippen LogP contribution < -0.4 is 10.4 Å². The van der Waals surface area contributed by atoms with Crippen LogP contribution in [0, 0.1) is 12.8 Å². The molecule has 2 amide bonds. The highest BCUT2D eigenvalue weighted by Crippen LogP contribution is 2.44. The van der Waals surface area contributed by atoms with Gasteiger partial charge in [-0.15, -0.1) is 0 Å². The summed E-state index contributed by atoms with van der Waals surface area (Å²) in [6.07, 6.45) is -0.806. The van der Waals surface area contributed by atoms with Crippen LogP contribution in [0.5, 0.6) is 0 Å². The van der Waals surface area contributed by atoms with Gasteiger partial charge in [0.25, 0.3) is 5.91 Å². The average Bonchev–Trinajstić information content (AvgIpc) is 3.08. The highest BCUT2D eigenvalue weighted by molar-refractivity contribution is 6.30. The third-order valence-electron chi connectivity index (χ3n) is 4.45. The summed E-state index contributed by atoms with van der Waals surface area (Å²) < 4.78 is 0. The molecule has 0 unspecified atom stereocenters. The number of carbonyl (C=O) groups is 2. The number of anilines is 1. The average molecular weight is 343 g/mol. The molecule has 3 atom stereocenters. The number of fused-ring (bicyclic) bond motifs is 1. The third-order valence-corrected chi connectivity index (χ3v) is 4.71. The van der Waals surface area contributed by atoms with Gasteiger partial charge in [0.2, 0.25) is 5.91 Å². The summed E-state index contributed by atoms with van der Waals surface area (Å²) in [4.78, 5) is 30.2. The molecule has 0 aromatic heterocycles. The first kappa shape index (κ1) is 15.2. The Labute approximate surface area is 144 Å². The minimum Gasteiger partial charge on any atom is -0.294 e. The number of imide groups is 1. The number of hydrogen-bond donors (Lipinski definition) is 1. The van der Waals surface area contributed by atoms with Crippen LogP contribution in [-0.4, -0.2) is 17.9 Å². The highest BCUT2D eigenvalue weighted by Gasteiger charge is 2.56. The van der Waals surface area contributed by atoms with Gasteiger partial charge in [0.15, 0.2) is 6.10 Å². The van der Waals surface area contributed by atoms with Gasteiger partial charge in [-0.1, -0.05) is 41.4 Å². The van der Waals surface area contributed by atoms with Gasteiger partial charge in [0.05, 0.1) is 11.7 Å². The summed E-state index contributed by atoms with van der Waals surface area (Å²) in [5, 5.41) is 4.63. The molecule has 0 aliphatic carbocycles. The fourth-order valence-electron chi connectivity index (χ4n) is 3.25. The van der Waals surface area contributed by atoms with E-state index in [1.807, 2.05) is 43.3 Å². The van der Waals surface area contributed by atoms with E-state index in [2.05, 4.69) is 5.32 Å². The second-order valence-electron chi connectivity index (χ2n) is 6.06. The molecule has 0 radical (unpaired) electrons. The molecule has 2 aromatic rings. The Morgan fingerprint density at radius 2 is 1.67 bits per heavy atom. The zero-order valence-corrected chi connectivity index (χ0v) is 13.7. The van der Waals surface area contributed by atoms with Crippen molar-refractivity contribution < 1.29 is 14.4 Å². The van der Waals surface area contributed by atoms with E-state index in [0.717, 1.165) is 16.8 Å². The van der Waals surface area contributed by atoms with Crippen molar-refractivity contribution in [1.29, 1.82) is 0 Å². The van der Waals surface area contributed by atoms with Gasteiger partial charge in [-0.2, -0.15) is 0 Å². The van der Waals surface area contributed by atoms with E-state index in [0.29, 0.717) is 5.02 Å². The van der Waals surface area contributed by atoms with Crippen LogP contribution in [0.3, 0.4) is 0 Å².